The average molecular weight is 298 g/mol. The predicted molar refractivity (Wildman–Crippen MR) is 82.3 cm³/mol. The number of nitrogens with zero attached hydrogens (tertiary/aromatic N) is 2. The first-order valence-electron chi connectivity index (χ1n) is 7.11. The second kappa shape index (κ2) is 7.87. The van der Waals surface area contributed by atoms with Gasteiger partial charge in [0.2, 0.25) is 0 Å². The van der Waals surface area contributed by atoms with Gasteiger partial charge in [-0.2, -0.15) is 0 Å². The van der Waals surface area contributed by atoms with Crippen molar-refractivity contribution in [3.05, 3.63) is 59.7 Å². The van der Waals surface area contributed by atoms with Gasteiger partial charge < -0.3 is 10.6 Å². The number of nitrogens with one attached hydrogen (secondary N) is 2. The summed E-state index contributed by atoms with van der Waals surface area (Å²) in [5.74, 6) is -0.493. The molecule has 0 spiro atoms. The third kappa shape index (κ3) is 4.37. The molecule has 2 rings (SSSR count). The molecular weight excluding hydrogens is 280 g/mol. The van der Waals surface area contributed by atoms with Gasteiger partial charge >= 0.3 is 0 Å². The minimum atomic E-state index is -0.269. The van der Waals surface area contributed by atoms with Crippen molar-refractivity contribution in [2.24, 2.45) is 0 Å². The molecule has 6 heteroatoms. The molecule has 2 N–H and O–H groups in total. The van der Waals surface area contributed by atoms with E-state index in [0.29, 0.717) is 24.2 Å². The van der Waals surface area contributed by atoms with Crippen LogP contribution < -0.4 is 10.6 Å². The Kier molecular flexibility index (Phi) is 5.59. The van der Waals surface area contributed by atoms with Crippen LogP contribution in [0.4, 0.5) is 0 Å². The first kappa shape index (κ1) is 15.6. The standard InChI is InChI=1S/C16H18N4O2/c1-2-5-19-15(21)13-8-14(11-18-10-13)16(22)20-9-12-3-6-17-7-4-12/h3-4,6-8,10-11H,2,5,9H2,1H3,(H,19,21)(H,20,22). The van der Waals surface area contributed by atoms with Crippen molar-refractivity contribution in [3.63, 3.8) is 0 Å². The van der Waals surface area contributed by atoms with Crippen molar-refractivity contribution < 1.29 is 9.59 Å². The van der Waals surface area contributed by atoms with E-state index in [2.05, 4.69) is 20.6 Å². The first-order chi connectivity index (χ1) is 10.7. The number of carbonyl (C=O) groups excluding carboxylic acids is 2. The summed E-state index contributed by atoms with van der Waals surface area (Å²) >= 11 is 0. The highest BCUT2D eigenvalue weighted by Gasteiger charge is 2.10. The van der Waals surface area contributed by atoms with E-state index in [1.165, 1.54) is 12.4 Å². The van der Waals surface area contributed by atoms with Crippen LogP contribution in [0, 0.1) is 0 Å². The van der Waals surface area contributed by atoms with Crippen LogP contribution in [0.15, 0.2) is 43.0 Å². The predicted octanol–water partition coefficient (Wildman–Crippen LogP) is 1.55. The quantitative estimate of drug-likeness (QED) is 0.847. The fourth-order valence-electron chi connectivity index (χ4n) is 1.81. The maximum atomic E-state index is 12.1. The summed E-state index contributed by atoms with van der Waals surface area (Å²) in [6.45, 7) is 2.96. The normalized spacial score (nSPS) is 10.0. The van der Waals surface area contributed by atoms with Gasteiger partial charge in [-0.3, -0.25) is 19.6 Å². The lowest BCUT2D eigenvalue weighted by atomic mass is 10.1. The summed E-state index contributed by atoms with van der Waals surface area (Å²) in [5.41, 5.74) is 1.69. The number of aromatic nitrogens is 2. The molecular formula is C16H18N4O2. The molecule has 2 aromatic heterocycles. The van der Waals surface area contributed by atoms with Crippen LogP contribution in [0.25, 0.3) is 0 Å². The molecule has 2 heterocycles. The Labute approximate surface area is 129 Å². The van der Waals surface area contributed by atoms with E-state index < -0.39 is 0 Å². The Hall–Kier alpha value is -2.76. The van der Waals surface area contributed by atoms with Crippen LogP contribution in [-0.4, -0.2) is 28.3 Å². The molecule has 0 fully saturated rings. The molecule has 0 bridgehead atoms. The number of hydrogen-bond acceptors (Lipinski definition) is 4. The minimum Gasteiger partial charge on any atom is -0.352 e. The van der Waals surface area contributed by atoms with E-state index in [1.807, 2.05) is 19.1 Å². The van der Waals surface area contributed by atoms with Gasteiger partial charge in [0.25, 0.3) is 11.8 Å². The van der Waals surface area contributed by atoms with Gasteiger partial charge in [0.1, 0.15) is 0 Å². The number of pyridine rings is 2. The zero-order valence-electron chi connectivity index (χ0n) is 12.4. The summed E-state index contributed by atoms with van der Waals surface area (Å²) in [4.78, 5) is 31.9. The number of rotatable bonds is 6. The lowest BCUT2D eigenvalue weighted by Crippen LogP contribution is -2.26. The van der Waals surface area contributed by atoms with Crippen LogP contribution in [-0.2, 0) is 6.54 Å². The lowest BCUT2D eigenvalue weighted by molar-refractivity contribution is 0.0950. The SMILES string of the molecule is CCCNC(=O)c1cncc(C(=O)NCc2ccncc2)c1. The molecule has 0 radical (unpaired) electrons. The van der Waals surface area contributed by atoms with Gasteiger partial charge in [-0.15, -0.1) is 0 Å². The van der Waals surface area contributed by atoms with Gasteiger partial charge in [0.05, 0.1) is 11.1 Å². The molecule has 0 saturated heterocycles. The Bertz CT molecular complexity index is 644. The monoisotopic (exact) mass is 298 g/mol. The van der Waals surface area contributed by atoms with Crippen LogP contribution in [0.5, 0.6) is 0 Å². The second-order valence-corrected chi connectivity index (χ2v) is 4.76. The molecule has 0 aliphatic rings. The van der Waals surface area contributed by atoms with Gasteiger partial charge in [-0.25, -0.2) is 0 Å². The fourth-order valence-corrected chi connectivity index (χ4v) is 1.81. The van der Waals surface area contributed by atoms with E-state index in [4.69, 9.17) is 0 Å². The lowest BCUT2D eigenvalue weighted by Gasteiger charge is -2.07. The maximum Gasteiger partial charge on any atom is 0.253 e. The second-order valence-electron chi connectivity index (χ2n) is 4.76. The molecule has 0 aliphatic heterocycles. The van der Waals surface area contributed by atoms with E-state index >= 15 is 0 Å². The maximum absolute atomic E-state index is 12.1. The van der Waals surface area contributed by atoms with Crippen molar-refractivity contribution >= 4 is 11.8 Å². The van der Waals surface area contributed by atoms with Crippen LogP contribution in [0.3, 0.4) is 0 Å². The molecule has 2 amide bonds. The average Bonchev–Trinajstić information content (AvgIpc) is 2.58. The molecule has 0 aromatic carbocycles. The van der Waals surface area contributed by atoms with E-state index in [1.54, 1.807) is 18.5 Å². The fraction of sp³-hybridized carbons (Fsp3) is 0.250. The first-order valence-corrected chi connectivity index (χ1v) is 7.11. The van der Waals surface area contributed by atoms with E-state index in [9.17, 15) is 9.59 Å². The highest BCUT2D eigenvalue weighted by molar-refractivity contribution is 5.99. The largest absolute Gasteiger partial charge is 0.352 e. The Morgan fingerprint density at radius 1 is 1.00 bits per heavy atom. The van der Waals surface area contributed by atoms with E-state index in [-0.39, 0.29) is 11.8 Å². The Balaban J connectivity index is 1.99. The van der Waals surface area contributed by atoms with Crippen LogP contribution in [0.2, 0.25) is 0 Å². The van der Waals surface area contributed by atoms with E-state index in [0.717, 1.165) is 12.0 Å². The smallest absolute Gasteiger partial charge is 0.253 e. The summed E-state index contributed by atoms with van der Waals surface area (Å²) in [6, 6.07) is 5.19. The Morgan fingerprint density at radius 2 is 1.64 bits per heavy atom. The number of amides is 2. The molecule has 0 unspecified atom stereocenters. The van der Waals surface area contributed by atoms with Crippen molar-refractivity contribution in [2.75, 3.05) is 6.54 Å². The zero-order valence-corrected chi connectivity index (χ0v) is 12.4. The topological polar surface area (TPSA) is 84.0 Å². The molecule has 0 aliphatic carbocycles. The highest BCUT2D eigenvalue weighted by atomic mass is 16.2. The van der Waals surface area contributed by atoms with Crippen molar-refractivity contribution in [1.82, 2.24) is 20.6 Å². The van der Waals surface area contributed by atoms with Crippen molar-refractivity contribution in [1.29, 1.82) is 0 Å². The summed E-state index contributed by atoms with van der Waals surface area (Å²) < 4.78 is 0. The van der Waals surface area contributed by atoms with Gasteiger partial charge in [0.15, 0.2) is 0 Å². The molecule has 0 atom stereocenters. The molecule has 22 heavy (non-hydrogen) atoms. The van der Waals surface area contributed by atoms with Crippen LogP contribution in [0.1, 0.15) is 39.6 Å². The molecule has 6 nitrogen and oxygen atoms in total. The van der Waals surface area contributed by atoms with Crippen molar-refractivity contribution in [3.8, 4) is 0 Å². The molecule has 2 aromatic rings. The third-order valence-electron chi connectivity index (χ3n) is 3.00. The molecule has 0 saturated carbocycles. The van der Waals surface area contributed by atoms with Gasteiger partial charge in [0, 0.05) is 37.9 Å². The number of carbonyl (C=O) groups is 2. The van der Waals surface area contributed by atoms with Crippen molar-refractivity contribution in [2.45, 2.75) is 19.9 Å². The summed E-state index contributed by atoms with van der Waals surface area (Å²) in [7, 11) is 0. The molecule has 114 valence electrons. The van der Waals surface area contributed by atoms with Gasteiger partial charge in [-0.05, 0) is 30.2 Å². The highest BCUT2D eigenvalue weighted by Crippen LogP contribution is 2.04. The van der Waals surface area contributed by atoms with Crippen LogP contribution >= 0.6 is 0 Å². The summed E-state index contributed by atoms with van der Waals surface area (Å²) in [6.07, 6.45) is 7.08. The minimum absolute atomic E-state index is 0.224. The Morgan fingerprint density at radius 3 is 2.27 bits per heavy atom. The zero-order chi connectivity index (χ0) is 15.8. The number of hydrogen-bond donors (Lipinski definition) is 2. The third-order valence-corrected chi connectivity index (χ3v) is 3.00. The van der Waals surface area contributed by atoms with Gasteiger partial charge in [-0.1, -0.05) is 6.92 Å². The summed E-state index contributed by atoms with van der Waals surface area (Å²) in [5, 5.41) is 5.54.